The average Bonchev–Trinajstić information content (AvgIpc) is 2.81. The second-order valence-corrected chi connectivity index (χ2v) is 4.32. The van der Waals surface area contributed by atoms with Gasteiger partial charge in [-0.1, -0.05) is 26.8 Å². The summed E-state index contributed by atoms with van der Waals surface area (Å²) >= 11 is 0. The molecule has 2 unspecified atom stereocenters. The molecule has 0 spiro atoms. The van der Waals surface area contributed by atoms with Gasteiger partial charge in [0.05, 0.1) is 12.2 Å². The van der Waals surface area contributed by atoms with Crippen molar-refractivity contribution in [1.29, 1.82) is 0 Å². The molecule has 0 aliphatic carbocycles. The Bertz CT molecular complexity index is 177. The predicted molar refractivity (Wildman–Crippen MR) is 53.5 cm³/mol. The number of ether oxygens (including phenoxy) is 1. The van der Waals surface area contributed by atoms with Crippen molar-refractivity contribution in [2.24, 2.45) is 11.8 Å². The quantitative estimate of drug-likeness (QED) is 0.523. The third-order valence-electron chi connectivity index (χ3n) is 2.72. The zero-order valence-electron chi connectivity index (χ0n) is 8.73. The Morgan fingerprint density at radius 3 is 2.46 bits per heavy atom. The topological polar surface area (TPSA) is 32.8 Å². The van der Waals surface area contributed by atoms with E-state index in [1.54, 1.807) is 0 Å². The first-order valence-corrected chi connectivity index (χ1v) is 5.02. The van der Waals surface area contributed by atoms with Crippen molar-refractivity contribution in [1.82, 2.24) is 0 Å². The van der Waals surface area contributed by atoms with Gasteiger partial charge in [-0.3, -0.25) is 0 Å². The van der Waals surface area contributed by atoms with Crippen LogP contribution in [0.25, 0.3) is 0 Å². The second kappa shape index (κ2) is 4.25. The van der Waals surface area contributed by atoms with Crippen LogP contribution in [0.4, 0.5) is 0 Å². The molecule has 1 heterocycles. The number of epoxide rings is 1. The van der Waals surface area contributed by atoms with Crippen molar-refractivity contribution in [3.8, 4) is 0 Å². The van der Waals surface area contributed by atoms with Crippen molar-refractivity contribution in [3.63, 3.8) is 0 Å². The van der Waals surface area contributed by atoms with Crippen molar-refractivity contribution in [2.45, 2.75) is 45.5 Å². The zero-order valence-corrected chi connectivity index (χ0v) is 8.73. The van der Waals surface area contributed by atoms with Crippen LogP contribution in [-0.4, -0.2) is 23.4 Å². The minimum atomic E-state index is -0.213. The SMILES string of the molecule is C=CC1OC1C[C@@H](C)[C@@H](O)C(C)C. The highest BCUT2D eigenvalue weighted by molar-refractivity contribution is 4.98. The molecule has 0 saturated carbocycles. The minimum Gasteiger partial charge on any atom is -0.393 e. The van der Waals surface area contributed by atoms with Gasteiger partial charge >= 0.3 is 0 Å². The zero-order chi connectivity index (χ0) is 10.0. The summed E-state index contributed by atoms with van der Waals surface area (Å²) in [6, 6.07) is 0. The summed E-state index contributed by atoms with van der Waals surface area (Å²) in [6.45, 7) is 9.83. The summed E-state index contributed by atoms with van der Waals surface area (Å²) in [5.41, 5.74) is 0. The Hall–Kier alpha value is -0.340. The molecule has 0 radical (unpaired) electrons. The van der Waals surface area contributed by atoms with E-state index in [1.165, 1.54) is 0 Å². The second-order valence-electron chi connectivity index (χ2n) is 4.32. The lowest BCUT2D eigenvalue weighted by molar-refractivity contribution is 0.0648. The van der Waals surface area contributed by atoms with Gasteiger partial charge in [0.1, 0.15) is 6.10 Å². The van der Waals surface area contributed by atoms with Crippen LogP contribution in [0.1, 0.15) is 27.2 Å². The van der Waals surface area contributed by atoms with Gasteiger partial charge in [0.2, 0.25) is 0 Å². The summed E-state index contributed by atoms with van der Waals surface area (Å²) in [6.07, 6.45) is 3.10. The molecule has 2 heteroatoms. The maximum Gasteiger partial charge on any atom is 0.102 e. The van der Waals surface area contributed by atoms with Crippen molar-refractivity contribution < 1.29 is 9.84 Å². The van der Waals surface area contributed by atoms with E-state index in [4.69, 9.17) is 4.74 Å². The van der Waals surface area contributed by atoms with Gasteiger partial charge in [-0.2, -0.15) is 0 Å². The molecule has 2 nitrogen and oxygen atoms in total. The summed E-state index contributed by atoms with van der Waals surface area (Å²) in [5, 5.41) is 9.75. The lowest BCUT2D eigenvalue weighted by Crippen LogP contribution is -2.25. The van der Waals surface area contributed by atoms with E-state index in [0.29, 0.717) is 17.9 Å². The van der Waals surface area contributed by atoms with Gasteiger partial charge in [-0.15, -0.1) is 6.58 Å². The lowest BCUT2D eigenvalue weighted by atomic mass is 9.91. The van der Waals surface area contributed by atoms with E-state index in [9.17, 15) is 5.11 Å². The summed E-state index contributed by atoms with van der Waals surface area (Å²) < 4.78 is 5.34. The number of rotatable bonds is 5. The number of hydrogen-bond donors (Lipinski definition) is 1. The molecule has 1 rings (SSSR count). The predicted octanol–water partition coefficient (Wildman–Crippen LogP) is 1.98. The molecule has 76 valence electrons. The molecular weight excluding hydrogens is 164 g/mol. The van der Waals surface area contributed by atoms with Gasteiger partial charge in [-0.05, 0) is 18.3 Å². The van der Waals surface area contributed by atoms with Gasteiger partial charge in [-0.25, -0.2) is 0 Å². The van der Waals surface area contributed by atoms with Crippen molar-refractivity contribution in [2.75, 3.05) is 0 Å². The number of aliphatic hydroxyl groups excluding tert-OH is 1. The molecule has 1 fully saturated rings. The molecule has 1 saturated heterocycles. The van der Waals surface area contributed by atoms with E-state index in [2.05, 4.69) is 13.5 Å². The van der Waals surface area contributed by atoms with Gasteiger partial charge in [0, 0.05) is 0 Å². The van der Waals surface area contributed by atoms with Crippen LogP contribution in [0.15, 0.2) is 12.7 Å². The van der Waals surface area contributed by atoms with Crippen LogP contribution in [0, 0.1) is 11.8 Å². The smallest absolute Gasteiger partial charge is 0.102 e. The fourth-order valence-corrected chi connectivity index (χ4v) is 1.72. The van der Waals surface area contributed by atoms with E-state index < -0.39 is 0 Å². The standard InChI is InChI=1S/C11H20O2/c1-5-9-10(13-9)6-8(4)11(12)7(2)3/h5,7-12H,1,6H2,2-4H3/t8-,9?,10?,11+/m1/s1. The molecule has 1 aliphatic rings. The molecule has 0 aromatic heterocycles. The third-order valence-corrected chi connectivity index (χ3v) is 2.72. The Kier molecular flexibility index (Phi) is 3.51. The van der Waals surface area contributed by atoms with Gasteiger partial charge in [0.25, 0.3) is 0 Å². The molecule has 4 atom stereocenters. The van der Waals surface area contributed by atoms with Crippen LogP contribution in [-0.2, 0) is 4.74 Å². The molecule has 0 aromatic carbocycles. The highest BCUT2D eigenvalue weighted by Crippen LogP contribution is 2.31. The Morgan fingerprint density at radius 2 is 2.08 bits per heavy atom. The molecule has 13 heavy (non-hydrogen) atoms. The average molecular weight is 184 g/mol. The van der Waals surface area contributed by atoms with Crippen LogP contribution in [0.2, 0.25) is 0 Å². The molecule has 0 aromatic rings. The maximum absolute atomic E-state index is 9.75. The Balaban J connectivity index is 2.25. The van der Waals surface area contributed by atoms with E-state index >= 15 is 0 Å². The number of aliphatic hydroxyl groups is 1. The maximum atomic E-state index is 9.75. The third kappa shape index (κ3) is 2.82. The minimum absolute atomic E-state index is 0.213. The van der Waals surface area contributed by atoms with Crippen LogP contribution < -0.4 is 0 Å². The molecule has 0 amide bonds. The van der Waals surface area contributed by atoms with Crippen LogP contribution in [0.5, 0.6) is 0 Å². The highest BCUT2D eigenvalue weighted by atomic mass is 16.6. The van der Waals surface area contributed by atoms with Gasteiger partial charge < -0.3 is 9.84 Å². The fourth-order valence-electron chi connectivity index (χ4n) is 1.72. The Morgan fingerprint density at radius 1 is 1.46 bits per heavy atom. The molecule has 1 aliphatic heterocycles. The Labute approximate surface area is 80.6 Å². The first kappa shape index (κ1) is 10.7. The van der Waals surface area contributed by atoms with Crippen LogP contribution in [0.3, 0.4) is 0 Å². The summed E-state index contributed by atoms with van der Waals surface area (Å²) in [4.78, 5) is 0. The first-order chi connectivity index (χ1) is 6.06. The lowest BCUT2D eigenvalue weighted by Gasteiger charge is -2.21. The van der Waals surface area contributed by atoms with E-state index in [-0.39, 0.29) is 12.2 Å². The molecular formula is C11H20O2. The first-order valence-electron chi connectivity index (χ1n) is 5.02. The van der Waals surface area contributed by atoms with Crippen LogP contribution >= 0.6 is 0 Å². The highest BCUT2D eigenvalue weighted by Gasteiger charge is 2.38. The van der Waals surface area contributed by atoms with E-state index in [1.807, 2.05) is 19.9 Å². The molecule has 1 N–H and O–H groups in total. The van der Waals surface area contributed by atoms with Gasteiger partial charge in [0.15, 0.2) is 0 Å². The largest absolute Gasteiger partial charge is 0.393 e. The summed E-state index contributed by atoms with van der Waals surface area (Å²) in [7, 11) is 0. The summed E-state index contributed by atoms with van der Waals surface area (Å²) in [5.74, 6) is 0.644. The normalized spacial score (nSPS) is 31.5. The number of hydrogen-bond acceptors (Lipinski definition) is 2. The van der Waals surface area contributed by atoms with Crippen molar-refractivity contribution in [3.05, 3.63) is 12.7 Å². The fraction of sp³-hybridized carbons (Fsp3) is 0.818. The monoisotopic (exact) mass is 184 g/mol. The molecule has 0 bridgehead atoms. The van der Waals surface area contributed by atoms with Crippen molar-refractivity contribution >= 4 is 0 Å². The van der Waals surface area contributed by atoms with E-state index in [0.717, 1.165) is 6.42 Å².